The Morgan fingerprint density at radius 1 is 0.571 bits per heavy atom. The highest BCUT2D eigenvalue weighted by Crippen LogP contribution is 2.17. The predicted octanol–water partition coefficient (Wildman–Crippen LogP) is 3.91. The van der Waals surface area contributed by atoms with Crippen molar-refractivity contribution in [2.24, 2.45) is 11.5 Å². The first-order valence-corrected chi connectivity index (χ1v) is 8.91. The molecule has 0 radical (unpaired) electrons. The smallest absolute Gasteiger partial charge is 0.250 e. The van der Waals surface area contributed by atoms with Crippen LogP contribution in [0.2, 0.25) is 0 Å². The summed E-state index contributed by atoms with van der Waals surface area (Å²) in [6, 6.07) is 1.10. The van der Waals surface area contributed by atoms with Gasteiger partial charge in [-0.15, -0.1) is 49.6 Å². The van der Waals surface area contributed by atoms with Crippen LogP contribution < -0.4 is 22.1 Å². The zero-order valence-electron chi connectivity index (χ0n) is 15.8. The Morgan fingerprint density at radius 3 is 1.04 bits per heavy atom. The van der Waals surface area contributed by atoms with E-state index in [2.05, 4.69) is 10.6 Å². The van der Waals surface area contributed by atoms with Crippen molar-refractivity contribution >= 4 is 49.6 Å². The largest absolute Gasteiger partial charge is 0.328 e. The van der Waals surface area contributed by atoms with Crippen molar-refractivity contribution < 1.29 is 17.6 Å². The molecule has 2 aliphatic carbocycles. The standard InChI is InChI=1S/2C8H16F2N2.4ClH/c2*9-8(10)5-12-7-3-1-6(11)2-4-7;;;;/h2*6-8,12H,1-5,11H2;4*1H. The van der Waals surface area contributed by atoms with Crippen molar-refractivity contribution in [2.45, 2.75) is 88.4 Å². The Kier molecular flexibility index (Phi) is 27.0. The van der Waals surface area contributed by atoms with Gasteiger partial charge in [-0.2, -0.15) is 0 Å². The molecule has 2 fully saturated rings. The number of alkyl halides is 4. The molecule has 0 saturated heterocycles. The van der Waals surface area contributed by atoms with E-state index in [0.717, 1.165) is 51.4 Å². The van der Waals surface area contributed by atoms with Gasteiger partial charge in [0.2, 0.25) is 0 Å². The first kappa shape index (κ1) is 36.1. The Morgan fingerprint density at radius 2 is 0.821 bits per heavy atom. The fraction of sp³-hybridized carbons (Fsp3) is 1.00. The first-order chi connectivity index (χ1) is 11.4. The summed E-state index contributed by atoms with van der Waals surface area (Å²) in [6.07, 6.45) is 3.12. The van der Waals surface area contributed by atoms with Crippen LogP contribution in [0.5, 0.6) is 0 Å². The molecule has 0 atom stereocenters. The number of nitrogens with two attached hydrogens (primary N) is 2. The fourth-order valence-electron chi connectivity index (χ4n) is 3.16. The molecule has 28 heavy (non-hydrogen) atoms. The molecule has 0 aromatic rings. The van der Waals surface area contributed by atoms with Gasteiger partial charge < -0.3 is 22.1 Å². The number of halogens is 8. The highest BCUT2D eigenvalue weighted by atomic mass is 35.5. The van der Waals surface area contributed by atoms with Gasteiger partial charge in [-0.25, -0.2) is 17.6 Å². The monoisotopic (exact) mass is 500 g/mol. The Labute approximate surface area is 190 Å². The van der Waals surface area contributed by atoms with Gasteiger partial charge in [-0.1, -0.05) is 0 Å². The van der Waals surface area contributed by atoms with Gasteiger partial charge in [0.15, 0.2) is 0 Å². The highest BCUT2D eigenvalue weighted by Gasteiger charge is 2.19. The van der Waals surface area contributed by atoms with Crippen molar-refractivity contribution in [2.75, 3.05) is 13.1 Å². The molecule has 0 amide bonds. The fourth-order valence-corrected chi connectivity index (χ4v) is 3.16. The van der Waals surface area contributed by atoms with E-state index in [-0.39, 0.29) is 86.9 Å². The Bertz CT molecular complexity index is 291. The average Bonchev–Trinajstić information content (AvgIpc) is 2.54. The maximum atomic E-state index is 11.8. The van der Waals surface area contributed by atoms with Crippen LogP contribution in [0.15, 0.2) is 0 Å². The van der Waals surface area contributed by atoms with Gasteiger partial charge in [0.05, 0.1) is 13.1 Å². The molecule has 6 N–H and O–H groups in total. The molecule has 0 aromatic heterocycles. The lowest BCUT2D eigenvalue weighted by Crippen LogP contribution is -2.39. The van der Waals surface area contributed by atoms with E-state index in [1.54, 1.807) is 0 Å². The van der Waals surface area contributed by atoms with Crippen molar-refractivity contribution in [1.82, 2.24) is 10.6 Å². The summed E-state index contributed by atoms with van der Waals surface area (Å²) < 4.78 is 47.1. The minimum Gasteiger partial charge on any atom is -0.328 e. The third-order valence-corrected chi connectivity index (χ3v) is 4.67. The Hall–Kier alpha value is 0.720. The second kappa shape index (κ2) is 21.0. The van der Waals surface area contributed by atoms with E-state index < -0.39 is 12.9 Å². The topological polar surface area (TPSA) is 76.1 Å². The predicted molar refractivity (Wildman–Crippen MR) is 117 cm³/mol. The normalized spacial score (nSPS) is 26.6. The van der Waals surface area contributed by atoms with Crippen molar-refractivity contribution in [3.63, 3.8) is 0 Å². The van der Waals surface area contributed by atoms with Gasteiger partial charge >= 0.3 is 0 Å². The van der Waals surface area contributed by atoms with Crippen LogP contribution >= 0.6 is 49.6 Å². The molecular weight excluding hydrogens is 466 g/mol. The summed E-state index contributed by atoms with van der Waals surface area (Å²) >= 11 is 0. The number of rotatable bonds is 6. The van der Waals surface area contributed by atoms with Crippen LogP contribution in [0.25, 0.3) is 0 Å². The molecule has 0 spiro atoms. The minimum atomic E-state index is -2.24. The first-order valence-electron chi connectivity index (χ1n) is 8.91. The van der Waals surface area contributed by atoms with Crippen LogP contribution in [0.3, 0.4) is 0 Å². The van der Waals surface area contributed by atoms with Crippen molar-refractivity contribution in [3.8, 4) is 0 Å². The van der Waals surface area contributed by atoms with Gasteiger partial charge in [0.25, 0.3) is 12.9 Å². The van der Waals surface area contributed by atoms with Crippen LogP contribution in [0.1, 0.15) is 51.4 Å². The minimum absolute atomic E-state index is 0. The molecule has 4 nitrogen and oxygen atoms in total. The van der Waals surface area contributed by atoms with E-state index in [1.165, 1.54) is 0 Å². The van der Waals surface area contributed by atoms with Crippen LogP contribution in [-0.2, 0) is 0 Å². The lowest BCUT2D eigenvalue weighted by atomic mass is 9.92. The third-order valence-electron chi connectivity index (χ3n) is 4.67. The van der Waals surface area contributed by atoms with Crippen LogP contribution in [0.4, 0.5) is 17.6 Å². The zero-order valence-corrected chi connectivity index (χ0v) is 19.1. The molecule has 0 aromatic carbocycles. The van der Waals surface area contributed by atoms with Crippen LogP contribution in [0, 0.1) is 0 Å². The average molecular weight is 502 g/mol. The summed E-state index contributed by atoms with van der Waals surface area (Å²) in [6.45, 7) is -0.361. The number of nitrogens with one attached hydrogen (secondary N) is 2. The SMILES string of the molecule is Cl.Cl.Cl.Cl.NC1CCC(NCC(F)F)CC1.NC1CCC(NCC(F)F)CC1. The molecule has 2 aliphatic rings. The van der Waals surface area contributed by atoms with Gasteiger partial charge in [-0.3, -0.25) is 0 Å². The molecule has 0 heterocycles. The zero-order chi connectivity index (χ0) is 17.9. The molecule has 0 aliphatic heterocycles. The molecule has 12 heteroatoms. The van der Waals surface area contributed by atoms with Gasteiger partial charge in [0.1, 0.15) is 0 Å². The quantitative estimate of drug-likeness (QED) is 0.416. The highest BCUT2D eigenvalue weighted by molar-refractivity contribution is 5.86. The second-order valence-electron chi connectivity index (χ2n) is 6.82. The van der Waals surface area contributed by atoms with Crippen molar-refractivity contribution in [1.29, 1.82) is 0 Å². The molecule has 2 rings (SSSR count). The summed E-state index contributed by atoms with van der Waals surface area (Å²) in [4.78, 5) is 0. The maximum absolute atomic E-state index is 11.8. The van der Waals surface area contributed by atoms with Gasteiger partial charge in [0, 0.05) is 24.2 Å². The summed E-state index contributed by atoms with van der Waals surface area (Å²) in [5, 5.41) is 5.67. The van der Waals surface area contributed by atoms with E-state index in [0.29, 0.717) is 0 Å². The van der Waals surface area contributed by atoms with E-state index in [1.807, 2.05) is 0 Å². The maximum Gasteiger partial charge on any atom is 0.250 e. The van der Waals surface area contributed by atoms with Crippen LogP contribution in [-0.4, -0.2) is 50.1 Å². The Balaban J connectivity index is -0.000000180. The number of hydrogen-bond acceptors (Lipinski definition) is 4. The summed E-state index contributed by atoms with van der Waals surface area (Å²) in [5.74, 6) is 0. The summed E-state index contributed by atoms with van der Waals surface area (Å²) in [7, 11) is 0. The lowest BCUT2D eigenvalue weighted by molar-refractivity contribution is 0.137. The van der Waals surface area contributed by atoms with E-state index >= 15 is 0 Å². The molecule has 0 bridgehead atoms. The van der Waals surface area contributed by atoms with E-state index in [9.17, 15) is 17.6 Å². The molecule has 176 valence electrons. The van der Waals surface area contributed by atoms with Gasteiger partial charge in [-0.05, 0) is 51.4 Å². The molecule has 0 unspecified atom stereocenters. The van der Waals surface area contributed by atoms with Crippen molar-refractivity contribution in [3.05, 3.63) is 0 Å². The van der Waals surface area contributed by atoms with E-state index in [4.69, 9.17) is 11.5 Å². The lowest BCUT2D eigenvalue weighted by Gasteiger charge is -2.26. The summed E-state index contributed by atoms with van der Waals surface area (Å²) in [5.41, 5.74) is 11.4. The molecule has 2 saturated carbocycles. The second-order valence-corrected chi connectivity index (χ2v) is 6.82. The third kappa shape index (κ3) is 18.7. The number of hydrogen-bond donors (Lipinski definition) is 4. The molecular formula is C16H36Cl4F4N4.